The van der Waals surface area contributed by atoms with E-state index in [1.165, 1.54) is 6.42 Å². The maximum atomic E-state index is 11.3. The lowest BCUT2D eigenvalue weighted by Gasteiger charge is -2.18. The van der Waals surface area contributed by atoms with Crippen LogP contribution in [0.4, 0.5) is 0 Å². The predicted octanol–water partition coefficient (Wildman–Crippen LogP) is 1.37. The summed E-state index contributed by atoms with van der Waals surface area (Å²) >= 11 is 1.04. The fourth-order valence-electron chi connectivity index (χ4n) is 1.91. The van der Waals surface area contributed by atoms with Crippen molar-refractivity contribution in [3.63, 3.8) is 0 Å². The minimum absolute atomic E-state index is 0.0183. The van der Waals surface area contributed by atoms with Crippen LogP contribution in [0.3, 0.4) is 0 Å². The van der Waals surface area contributed by atoms with E-state index in [1.807, 2.05) is 0 Å². The zero-order valence-corrected chi connectivity index (χ0v) is 10.7. The van der Waals surface area contributed by atoms with Gasteiger partial charge >= 0.3 is 5.97 Å². The van der Waals surface area contributed by atoms with Crippen molar-refractivity contribution in [1.29, 1.82) is 0 Å². The maximum absolute atomic E-state index is 11.3. The summed E-state index contributed by atoms with van der Waals surface area (Å²) in [6, 6.07) is 0. The fourth-order valence-corrected chi connectivity index (χ4v) is 2.77. The van der Waals surface area contributed by atoms with E-state index in [0.717, 1.165) is 43.2 Å². The molecule has 1 saturated carbocycles. The van der Waals surface area contributed by atoms with E-state index in [1.54, 1.807) is 0 Å². The Morgan fingerprint density at radius 3 is 2.67 bits per heavy atom. The Hall–Kier alpha value is -1.37. The van der Waals surface area contributed by atoms with Gasteiger partial charge in [-0.25, -0.2) is 0 Å². The van der Waals surface area contributed by atoms with E-state index in [4.69, 9.17) is 5.11 Å². The lowest BCUT2D eigenvalue weighted by molar-refractivity contribution is -0.138. The number of aliphatic carboxylic acids is 1. The van der Waals surface area contributed by atoms with Gasteiger partial charge in [0.15, 0.2) is 5.17 Å². The van der Waals surface area contributed by atoms with E-state index in [-0.39, 0.29) is 17.5 Å². The van der Waals surface area contributed by atoms with Crippen molar-refractivity contribution in [2.24, 2.45) is 10.2 Å². The molecule has 0 spiro atoms. The van der Waals surface area contributed by atoms with Gasteiger partial charge in [-0.1, -0.05) is 18.2 Å². The summed E-state index contributed by atoms with van der Waals surface area (Å²) < 4.78 is 0. The van der Waals surface area contributed by atoms with E-state index in [0.29, 0.717) is 0 Å². The molecule has 1 amide bonds. The lowest BCUT2D eigenvalue weighted by atomic mass is 9.99. The molecular weight excluding hydrogens is 254 g/mol. The standard InChI is InChI=1S/C11H15N3O3S/c15-9-6-8(10(16)17)18-11(12-9)14-13-7-4-2-1-3-5-7/h8H,1-6H2,(H,16,17)(H,12,14,15)/t8-/m1/s1. The fraction of sp³-hybridized carbons (Fsp3) is 0.636. The average molecular weight is 269 g/mol. The third-order valence-corrected chi connectivity index (χ3v) is 3.92. The highest BCUT2D eigenvalue weighted by Crippen LogP contribution is 2.21. The second kappa shape index (κ2) is 5.99. The Labute approximate surface area is 109 Å². The second-order valence-corrected chi connectivity index (χ2v) is 5.52. The first kappa shape index (κ1) is 13.1. The van der Waals surface area contributed by atoms with Crippen LogP contribution < -0.4 is 5.32 Å². The summed E-state index contributed by atoms with van der Waals surface area (Å²) in [5.74, 6) is -1.31. The zero-order valence-electron chi connectivity index (χ0n) is 9.89. The third-order valence-electron chi connectivity index (χ3n) is 2.86. The Bertz CT molecular complexity index is 412. The van der Waals surface area contributed by atoms with E-state index >= 15 is 0 Å². The van der Waals surface area contributed by atoms with E-state index < -0.39 is 11.2 Å². The number of amidine groups is 1. The van der Waals surface area contributed by atoms with Gasteiger partial charge in [0.25, 0.3) is 0 Å². The normalized spacial score (nSPS) is 26.9. The first-order chi connectivity index (χ1) is 8.65. The van der Waals surface area contributed by atoms with Gasteiger partial charge < -0.3 is 10.4 Å². The van der Waals surface area contributed by atoms with Crippen molar-refractivity contribution in [2.75, 3.05) is 0 Å². The number of nitrogens with zero attached hydrogens (tertiary/aromatic N) is 2. The summed E-state index contributed by atoms with van der Waals surface area (Å²) in [6.07, 6.45) is 5.34. The molecule has 2 aliphatic rings. The number of hydrogen-bond donors (Lipinski definition) is 2. The van der Waals surface area contributed by atoms with E-state index in [9.17, 15) is 9.59 Å². The molecule has 1 aliphatic heterocycles. The predicted molar refractivity (Wildman–Crippen MR) is 69.7 cm³/mol. The first-order valence-corrected chi connectivity index (χ1v) is 6.86. The SMILES string of the molecule is O=C1C[C@H](C(=O)O)S/C(=N/N=C2CCCCC2)N1. The van der Waals surface area contributed by atoms with Crippen LogP contribution in [-0.4, -0.2) is 33.1 Å². The molecule has 0 bridgehead atoms. The Morgan fingerprint density at radius 2 is 2.00 bits per heavy atom. The van der Waals surface area contributed by atoms with Crippen molar-refractivity contribution < 1.29 is 14.7 Å². The molecule has 6 nitrogen and oxygen atoms in total. The molecule has 1 atom stereocenters. The molecule has 2 fully saturated rings. The van der Waals surface area contributed by atoms with Gasteiger partial charge in [0.05, 0.1) is 0 Å². The molecule has 2 rings (SSSR count). The van der Waals surface area contributed by atoms with E-state index in [2.05, 4.69) is 15.5 Å². The van der Waals surface area contributed by atoms with Gasteiger partial charge in [-0.3, -0.25) is 9.59 Å². The Balaban J connectivity index is 2.02. The Morgan fingerprint density at radius 1 is 1.28 bits per heavy atom. The number of amides is 1. The highest BCUT2D eigenvalue weighted by Gasteiger charge is 2.29. The number of nitrogens with one attached hydrogen (secondary N) is 1. The van der Waals surface area contributed by atoms with Crippen LogP contribution in [0.2, 0.25) is 0 Å². The van der Waals surface area contributed by atoms with Crippen molar-refractivity contribution in [3.05, 3.63) is 0 Å². The van der Waals surface area contributed by atoms with Gasteiger partial charge in [-0.2, -0.15) is 5.10 Å². The summed E-state index contributed by atoms with van der Waals surface area (Å²) in [6.45, 7) is 0. The minimum atomic E-state index is -0.993. The number of thioether (sulfide) groups is 1. The van der Waals surface area contributed by atoms with Gasteiger partial charge in [-0.15, -0.1) is 5.10 Å². The molecule has 18 heavy (non-hydrogen) atoms. The maximum Gasteiger partial charge on any atom is 0.317 e. The number of carboxylic acids is 1. The number of carbonyl (C=O) groups is 2. The third kappa shape index (κ3) is 3.56. The average Bonchev–Trinajstić information content (AvgIpc) is 2.37. The second-order valence-electron chi connectivity index (χ2n) is 4.33. The molecule has 0 aromatic carbocycles. The lowest BCUT2D eigenvalue weighted by Crippen LogP contribution is -2.40. The van der Waals surface area contributed by atoms with Crippen LogP contribution in [0.1, 0.15) is 38.5 Å². The van der Waals surface area contributed by atoms with Crippen LogP contribution >= 0.6 is 11.8 Å². The van der Waals surface area contributed by atoms with Crippen molar-refractivity contribution >= 4 is 34.5 Å². The van der Waals surface area contributed by atoms with Gasteiger partial charge in [0.2, 0.25) is 5.91 Å². The van der Waals surface area contributed by atoms with Gasteiger partial charge in [0.1, 0.15) is 5.25 Å². The van der Waals surface area contributed by atoms with Crippen LogP contribution in [0.15, 0.2) is 10.2 Å². The monoisotopic (exact) mass is 269 g/mol. The van der Waals surface area contributed by atoms with Crippen LogP contribution in [0.5, 0.6) is 0 Å². The zero-order chi connectivity index (χ0) is 13.0. The van der Waals surface area contributed by atoms with Gasteiger partial charge in [0, 0.05) is 12.1 Å². The Kier molecular flexibility index (Phi) is 4.35. The van der Waals surface area contributed by atoms with Crippen LogP contribution in [0.25, 0.3) is 0 Å². The van der Waals surface area contributed by atoms with Crippen molar-refractivity contribution in [3.8, 4) is 0 Å². The quantitative estimate of drug-likeness (QED) is 0.741. The topological polar surface area (TPSA) is 91.1 Å². The largest absolute Gasteiger partial charge is 0.480 e. The summed E-state index contributed by atoms with van der Waals surface area (Å²) in [5, 5.41) is 19.0. The van der Waals surface area contributed by atoms with Crippen molar-refractivity contribution in [2.45, 2.75) is 43.8 Å². The molecular formula is C11H15N3O3S. The summed E-state index contributed by atoms with van der Waals surface area (Å²) in [7, 11) is 0. The smallest absolute Gasteiger partial charge is 0.317 e. The summed E-state index contributed by atoms with van der Waals surface area (Å²) in [4.78, 5) is 22.2. The molecule has 0 unspecified atom stereocenters. The van der Waals surface area contributed by atoms with Crippen molar-refractivity contribution in [1.82, 2.24) is 5.32 Å². The molecule has 2 N–H and O–H groups in total. The molecule has 1 saturated heterocycles. The number of rotatable bonds is 2. The van der Waals surface area contributed by atoms with Gasteiger partial charge in [-0.05, 0) is 25.7 Å². The molecule has 7 heteroatoms. The number of hydrogen-bond acceptors (Lipinski definition) is 5. The number of carbonyl (C=O) groups excluding carboxylic acids is 1. The van der Waals surface area contributed by atoms with Crippen LogP contribution in [0, 0.1) is 0 Å². The molecule has 1 aliphatic carbocycles. The highest BCUT2D eigenvalue weighted by atomic mass is 32.2. The number of carboxylic acid groups (broad SMARTS) is 1. The summed E-state index contributed by atoms with van der Waals surface area (Å²) in [5.41, 5.74) is 1.03. The first-order valence-electron chi connectivity index (χ1n) is 5.98. The molecule has 0 radical (unpaired) electrons. The molecule has 0 aromatic rings. The molecule has 1 heterocycles. The minimum Gasteiger partial charge on any atom is -0.480 e. The molecule has 98 valence electrons. The molecule has 0 aromatic heterocycles. The van der Waals surface area contributed by atoms with Crippen LogP contribution in [-0.2, 0) is 9.59 Å². The highest BCUT2D eigenvalue weighted by molar-refractivity contribution is 8.15.